The molecule has 0 amide bonds. The molecule has 0 radical (unpaired) electrons. The molecule has 1 aromatic rings. The first kappa shape index (κ1) is 14.6. The van der Waals surface area contributed by atoms with Gasteiger partial charge in [0.25, 0.3) is 0 Å². The lowest BCUT2D eigenvalue weighted by atomic mass is 9.97. The van der Waals surface area contributed by atoms with E-state index in [-0.39, 0.29) is 5.97 Å². The van der Waals surface area contributed by atoms with Gasteiger partial charge >= 0.3 is 5.97 Å². The van der Waals surface area contributed by atoms with Crippen LogP contribution < -0.4 is 4.74 Å². The molecule has 0 saturated heterocycles. The predicted molar refractivity (Wildman–Crippen MR) is 77.3 cm³/mol. The second-order valence-corrected chi connectivity index (χ2v) is 5.25. The number of benzene rings is 1. The van der Waals surface area contributed by atoms with E-state index in [9.17, 15) is 4.79 Å². The van der Waals surface area contributed by atoms with E-state index < -0.39 is 0 Å². The van der Waals surface area contributed by atoms with Crippen LogP contribution in [0.15, 0.2) is 29.4 Å². The summed E-state index contributed by atoms with van der Waals surface area (Å²) in [4.78, 5) is 11.4. The lowest BCUT2D eigenvalue weighted by molar-refractivity contribution is -0.134. The van der Waals surface area contributed by atoms with Crippen molar-refractivity contribution in [3.8, 4) is 5.75 Å². The number of esters is 1. The first-order valence-corrected chi connectivity index (χ1v) is 7.23. The summed E-state index contributed by atoms with van der Waals surface area (Å²) >= 11 is 0. The van der Waals surface area contributed by atoms with Gasteiger partial charge in [0, 0.05) is 12.3 Å². The molecule has 1 N–H and O–H groups in total. The second-order valence-electron chi connectivity index (χ2n) is 5.25. The van der Waals surface area contributed by atoms with Gasteiger partial charge in [-0.15, -0.1) is 0 Å². The molecule has 1 aliphatic carbocycles. The molecule has 4 nitrogen and oxygen atoms in total. The SMILES string of the molecule is CCCC(=O)Oc1ccc(CC2CCC/C2=N\O)cc1. The summed E-state index contributed by atoms with van der Waals surface area (Å²) in [6.45, 7) is 1.95. The first-order chi connectivity index (χ1) is 9.72. The Hall–Kier alpha value is -1.84. The maximum absolute atomic E-state index is 11.4. The highest BCUT2D eigenvalue weighted by molar-refractivity contribution is 5.88. The second kappa shape index (κ2) is 7.08. The Balaban J connectivity index is 1.93. The highest BCUT2D eigenvalue weighted by Crippen LogP contribution is 2.26. The van der Waals surface area contributed by atoms with Gasteiger partial charge < -0.3 is 9.94 Å². The average molecular weight is 275 g/mol. The summed E-state index contributed by atoms with van der Waals surface area (Å²) < 4.78 is 5.22. The highest BCUT2D eigenvalue weighted by atomic mass is 16.5. The molecule has 0 spiro atoms. The molecule has 1 saturated carbocycles. The Morgan fingerprint density at radius 3 is 2.80 bits per heavy atom. The number of nitrogens with zero attached hydrogens (tertiary/aromatic N) is 1. The smallest absolute Gasteiger partial charge is 0.311 e. The predicted octanol–water partition coefficient (Wildman–Crippen LogP) is 3.56. The maximum Gasteiger partial charge on any atom is 0.311 e. The molecule has 0 bridgehead atoms. The van der Waals surface area contributed by atoms with Crippen molar-refractivity contribution in [1.82, 2.24) is 0 Å². The van der Waals surface area contributed by atoms with Crippen LogP contribution in [-0.2, 0) is 11.2 Å². The average Bonchev–Trinajstić information content (AvgIpc) is 2.88. The minimum atomic E-state index is -0.189. The maximum atomic E-state index is 11.4. The fourth-order valence-corrected chi connectivity index (χ4v) is 2.62. The summed E-state index contributed by atoms with van der Waals surface area (Å²) in [7, 11) is 0. The lowest BCUT2D eigenvalue weighted by Gasteiger charge is -2.10. The van der Waals surface area contributed by atoms with Crippen molar-refractivity contribution in [3.05, 3.63) is 29.8 Å². The molecule has 20 heavy (non-hydrogen) atoms. The normalized spacial score (nSPS) is 20.2. The Labute approximate surface area is 119 Å². The summed E-state index contributed by atoms with van der Waals surface area (Å²) in [5, 5.41) is 12.3. The van der Waals surface area contributed by atoms with E-state index in [1.165, 1.54) is 5.56 Å². The Morgan fingerprint density at radius 2 is 2.15 bits per heavy atom. The van der Waals surface area contributed by atoms with Crippen LogP contribution in [0.3, 0.4) is 0 Å². The summed E-state index contributed by atoms with van der Waals surface area (Å²) in [6, 6.07) is 7.60. The first-order valence-electron chi connectivity index (χ1n) is 7.23. The van der Waals surface area contributed by atoms with Crippen molar-refractivity contribution in [3.63, 3.8) is 0 Å². The minimum absolute atomic E-state index is 0.189. The van der Waals surface area contributed by atoms with Crippen LogP contribution in [0.1, 0.15) is 44.6 Å². The number of rotatable bonds is 5. The van der Waals surface area contributed by atoms with Crippen LogP contribution in [0, 0.1) is 5.92 Å². The molecule has 0 aliphatic heterocycles. The van der Waals surface area contributed by atoms with E-state index in [2.05, 4.69) is 5.16 Å². The molecular formula is C16H21NO3. The summed E-state index contributed by atoms with van der Waals surface area (Å²) in [5.74, 6) is 0.744. The van der Waals surface area contributed by atoms with Crippen LogP contribution in [0.5, 0.6) is 5.75 Å². The number of oxime groups is 1. The van der Waals surface area contributed by atoms with E-state index in [4.69, 9.17) is 9.94 Å². The van der Waals surface area contributed by atoms with Crippen LogP contribution in [-0.4, -0.2) is 16.9 Å². The quantitative estimate of drug-likeness (QED) is 0.387. The molecule has 1 aliphatic rings. The van der Waals surface area contributed by atoms with Gasteiger partial charge in [0.15, 0.2) is 0 Å². The van der Waals surface area contributed by atoms with E-state index in [1.54, 1.807) is 0 Å². The van der Waals surface area contributed by atoms with Crippen LogP contribution in [0.25, 0.3) is 0 Å². The molecule has 1 fully saturated rings. The monoisotopic (exact) mass is 275 g/mol. The summed E-state index contributed by atoms with van der Waals surface area (Å²) in [5.41, 5.74) is 2.08. The topological polar surface area (TPSA) is 58.9 Å². The number of hydrogen-bond donors (Lipinski definition) is 1. The Bertz CT molecular complexity index is 479. The number of carbonyl (C=O) groups excluding carboxylic acids is 1. The van der Waals surface area contributed by atoms with E-state index in [1.807, 2.05) is 31.2 Å². The molecule has 1 atom stereocenters. The third-order valence-electron chi connectivity index (χ3n) is 3.68. The van der Waals surface area contributed by atoms with Gasteiger partial charge in [-0.05, 0) is 49.8 Å². The molecular weight excluding hydrogens is 254 g/mol. The van der Waals surface area contributed by atoms with Crippen LogP contribution in [0.4, 0.5) is 0 Å². The fraction of sp³-hybridized carbons (Fsp3) is 0.500. The molecule has 1 aromatic carbocycles. The zero-order valence-corrected chi connectivity index (χ0v) is 11.8. The largest absolute Gasteiger partial charge is 0.427 e. The van der Waals surface area contributed by atoms with Gasteiger partial charge in [-0.1, -0.05) is 24.2 Å². The van der Waals surface area contributed by atoms with Gasteiger partial charge in [0.05, 0.1) is 5.71 Å². The standard InChI is InChI=1S/C16H21NO3/c1-2-4-16(18)20-14-9-7-12(8-10-14)11-13-5-3-6-15(13)17-19/h7-10,13,19H,2-6,11H2,1H3/b17-15+. The third kappa shape index (κ3) is 3.83. The van der Waals surface area contributed by atoms with Crippen LogP contribution >= 0.6 is 0 Å². The Morgan fingerprint density at radius 1 is 1.40 bits per heavy atom. The lowest BCUT2D eigenvalue weighted by Crippen LogP contribution is -2.10. The van der Waals surface area contributed by atoms with Crippen molar-refractivity contribution < 1.29 is 14.7 Å². The van der Waals surface area contributed by atoms with E-state index in [0.717, 1.165) is 37.8 Å². The fourth-order valence-electron chi connectivity index (χ4n) is 2.62. The number of hydrogen-bond acceptors (Lipinski definition) is 4. The van der Waals surface area contributed by atoms with Crippen molar-refractivity contribution >= 4 is 11.7 Å². The molecule has 4 heteroatoms. The zero-order valence-electron chi connectivity index (χ0n) is 11.8. The van der Waals surface area contributed by atoms with E-state index >= 15 is 0 Å². The van der Waals surface area contributed by atoms with Crippen molar-refractivity contribution in [2.45, 2.75) is 45.4 Å². The van der Waals surface area contributed by atoms with Crippen LogP contribution in [0.2, 0.25) is 0 Å². The van der Waals surface area contributed by atoms with Crippen molar-refractivity contribution in [2.24, 2.45) is 11.1 Å². The molecule has 0 aromatic heterocycles. The van der Waals surface area contributed by atoms with Crippen molar-refractivity contribution in [2.75, 3.05) is 0 Å². The molecule has 0 heterocycles. The zero-order chi connectivity index (χ0) is 14.4. The number of ether oxygens (including phenoxy) is 1. The summed E-state index contributed by atoms with van der Waals surface area (Å²) in [6.07, 6.45) is 5.18. The highest BCUT2D eigenvalue weighted by Gasteiger charge is 2.23. The van der Waals surface area contributed by atoms with E-state index in [0.29, 0.717) is 18.1 Å². The minimum Gasteiger partial charge on any atom is -0.427 e. The van der Waals surface area contributed by atoms with Gasteiger partial charge in [-0.25, -0.2) is 0 Å². The van der Waals surface area contributed by atoms with Gasteiger partial charge in [-0.2, -0.15) is 0 Å². The molecule has 1 unspecified atom stereocenters. The van der Waals surface area contributed by atoms with Gasteiger partial charge in [0.1, 0.15) is 5.75 Å². The van der Waals surface area contributed by atoms with Gasteiger partial charge in [0.2, 0.25) is 0 Å². The van der Waals surface area contributed by atoms with Crippen molar-refractivity contribution in [1.29, 1.82) is 0 Å². The number of carbonyl (C=O) groups is 1. The molecule has 2 rings (SSSR count). The Kier molecular flexibility index (Phi) is 5.16. The van der Waals surface area contributed by atoms with Gasteiger partial charge in [-0.3, -0.25) is 4.79 Å². The third-order valence-corrected chi connectivity index (χ3v) is 3.68. The molecule has 108 valence electrons.